The van der Waals surface area contributed by atoms with Crippen LogP contribution in [0.4, 0.5) is 4.79 Å². The maximum atomic E-state index is 11.5. The van der Waals surface area contributed by atoms with Crippen molar-refractivity contribution in [3.8, 4) is 0 Å². The molecule has 0 aliphatic heterocycles. The summed E-state index contributed by atoms with van der Waals surface area (Å²) in [6, 6.07) is 8.57. The third kappa shape index (κ3) is 4.42. The van der Waals surface area contributed by atoms with E-state index in [-0.39, 0.29) is 6.61 Å². The van der Waals surface area contributed by atoms with Crippen molar-refractivity contribution in [3.63, 3.8) is 0 Å². The molecule has 0 fully saturated rings. The highest BCUT2D eigenvalue weighted by molar-refractivity contribution is 5.85. The Morgan fingerprint density at radius 1 is 1.33 bits per heavy atom. The maximum Gasteiger partial charge on any atom is 0.407 e. The van der Waals surface area contributed by atoms with Gasteiger partial charge in [-0.1, -0.05) is 30.3 Å². The van der Waals surface area contributed by atoms with Gasteiger partial charge in [-0.05, 0) is 12.5 Å². The number of amides is 2. The van der Waals surface area contributed by atoms with Crippen LogP contribution >= 0.6 is 0 Å². The average Bonchev–Trinajstić information content (AvgIpc) is 2.38. The molecule has 0 aliphatic rings. The summed E-state index contributed by atoms with van der Waals surface area (Å²) >= 11 is 0. The van der Waals surface area contributed by atoms with E-state index >= 15 is 0 Å². The molecule has 98 valence electrons. The molecular formula is C12H17N3O3. The smallest absolute Gasteiger partial charge is 0.407 e. The Balaban J connectivity index is 2.67. The van der Waals surface area contributed by atoms with Crippen molar-refractivity contribution in [3.05, 3.63) is 35.9 Å². The molecule has 4 N–H and O–H groups in total. The molecule has 18 heavy (non-hydrogen) atoms. The molecule has 6 heteroatoms. The van der Waals surface area contributed by atoms with Crippen molar-refractivity contribution >= 4 is 12.0 Å². The Hall–Kier alpha value is -2.08. The van der Waals surface area contributed by atoms with E-state index in [1.54, 1.807) is 6.92 Å². The molecular weight excluding hydrogens is 234 g/mol. The molecule has 0 radical (unpaired) electrons. The number of carbonyl (C=O) groups excluding carboxylic acids is 2. The number of benzene rings is 1. The lowest BCUT2D eigenvalue weighted by atomic mass is 10.1. The highest BCUT2D eigenvalue weighted by atomic mass is 16.5. The summed E-state index contributed by atoms with van der Waals surface area (Å²) in [5.74, 6) is 4.62. The molecule has 0 spiro atoms. The van der Waals surface area contributed by atoms with Crippen molar-refractivity contribution < 1.29 is 14.3 Å². The minimum absolute atomic E-state index is 0.244. The zero-order valence-corrected chi connectivity index (χ0v) is 10.2. The van der Waals surface area contributed by atoms with Crippen LogP contribution in [0.1, 0.15) is 12.5 Å². The molecule has 0 saturated heterocycles. The number of hydrogen-bond donors (Lipinski definition) is 3. The van der Waals surface area contributed by atoms with E-state index in [2.05, 4.69) is 5.32 Å². The van der Waals surface area contributed by atoms with E-state index in [0.717, 1.165) is 5.56 Å². The zero-order valence-electron chi connectivity index (χ0n) is 10.2. The van der Waals surface area contributed by atoms with Crippen molar-refractivity contribution in [2.75, 3.05) is 6.61 Å². The second-order valence-corrected chi connectivity index (χ2v) is 3.62. The molecule has 1 aromatic rings. The molecule has 1 atom stereocenters. The normalized spacial score (nSPS) is 11.4. The minimum Gasteiger partial charge on any atom is -0.450 e. The fourth-order valence-electron chi connectivity index (χ4n) is 1.47. The monoisotopic (exact) mass is 251 g/mol. The van der Waals surface area contributed by atoms with Gasteiger partial charge in [0, 0.05) is 6.42 Å². The molecule has 6 nitrogen and oxygen atoms in total. The molecule has 0 saturated carbocycles. The lowest BCUT2D eigenvalue weighted by molar-refractivity contribution is -0.123. The average molecular weight is 251 g/mol. The predicted octanol–water partition coefficient (Wildman–Crippen LogP) is 0.334. The number of hydrogen-bond acceptors (Lipinski definition) is 4. The Morgan fingerprint density at radius 3 is 2.56 bits per heavy atom. The standard InChI is InChI=1S/C12H17N3O3/c1-2-18-12(17)14-10(11(16)15-13)8-9-6-4-3-5-7-9/h3-7,10H,2,8,13H2,1H3,(H,14,17)(H,15,16)/t10-/m0/s1. The van der Waals surface area contributed by atoms with Gasteiger partial charge in [-0.15, -0.1) is 0 Å². The highest BCUT2D eigenvalue weighted by Gasteiger charge is 2.20. The second-order valence-electron chi connectivity index (χ2n) is 3.62. The van der Waals surface area contributed by atoms with Crippen molar-refractivity contribution in [2.45, 2.75) is 19.4 Å². The van der Waals surface area contributed by atoms with Crippen molar-refractivity contribution in [1.29, 1.82) is 0 Å². The fraction of sp³-hybridized carbons (Fsp3) is 0.333. The molecule has 2 amide bonds. The van der Waals surface area contributed by atoms with Gasteiger partial charge in [0.1, 0.15) is 6.04 Å². The van der Waals surface area contributed by atoms with Gasteiger partial charge < -0.3 is 10.1 Å². The number of alkyl carbamates (subject to hydrolysis) is 1. The summed E-state index contributed by atoms with van der Waals surface area (Å²) < 4.78 is 4.73. The SMILES string of the molecule is CCOC(=O)N[C@@H](Cc1ccccc1)C(=O)NN. The van der Waals surface area contributed by atoms with Crippen LogP contribution in [0.25, 0.3) is 0 Å². The third-order valence-electron chi connectivity index (χ3n) is 2.31. The van der Waals surface area contributed by atoms with E-state index < -0.39 is 18.0 Å². The molecule has 1 aromatic carbocycles. The number of hydrazine groups is 1. The van der Waals surface area contributed by atoms with Crippen LogP contribution < -0.4 is 16.6 Å². The summed E-state index contributed by atoms with van der Waals surface area (Å²) in [5.41, 5.74) is 2.94. The Kier molecular flexibility index (Phi) is 5.66. The minimum atomic E-state index is -0.753. The first kappa shape index (κ1) is 14.0. The van der Waals surface area contributed by atoms with E-state index in [4.69, 9.17) is 10.6 Å². The molecule has 0 heterocycles. The largest absolute Gasteiger partial charge is 0.450 e. The Morgan fingerprint density at radius 2 is 2.00 bits per heavy atom. The quantitative estimate of drug-likeness (QED) is 0.399. The number of rotatable bonds is 5. The summed E-state index contributed by atoms with van der Waals surface area (Å²) in [4.78, 5) is 22.9. The number of carbonyl (C=O) groups is 2. The topological polar surface area (TPSA) is 93.4 Å². The van der Waals surface area contributed by atoms with Gasteiger partial charge in [0.15, 0.2) is 0 Å². The first-order valence-corrected chi connectivity index (χ1v) is 5.65. The molecule has 0 aliphatic carbocycles. The van der Waals surface area contributed by atoms with E-state index in [1.807, 2.05) is 35.8 Å². The molecule has 0 bridgehead atoms. The van der Waals surface area contributed by atoms with Crippen LogP contribution in [0, 0.1) is 0 Å². The predicted molar refractivity (Wildman–Crippen MR) is 66.4 cm³/mol. The van der Waals surface area contributed by atoms with Gasteiger partial charge >= 0.3 is 6.09 Å². The number of nitrogens with one attached hydrogen (secondary N) is 2. The van der Waals surface area contributed by atoms with Gasteiger partial charge in [0.2, 0.25) is 0 Å². The Labute approximate surface area is 105 Å². The van der Waals surface area contributed by atoms with Crippen LogP contribution in [-0.2, 0) is 16.0 Å². The molecule has 0 unspecified atom stereocenters. The van der Waals surface area contributed by atoms with Crippen LogP contribution in [0.15, 0.2) is 30.3 Å². The van der Waals surface area contributed by atoms with Crippen LogP contribution in [0.5, 0.6) is 0 Å². The summed E-state index contributed by atoms with van der Waals surface area (Å²) in [6.45, 7) is 1.93. The van der Waals surface area contributed by atoms with Crippen LogP contribution in [0.2, 0.25) is 0 Å². The zero-order chi connectivity index (χ0) is 13.4. The lowest BCUT2D eigenvalue weighted by Gasteiger charge is -2.16. The Bertz CT molecular complexity index is 395. The van der Waals surface area contributed by atoms with Crippen molar-refractivity contribution in [1.82, 2.24) is 10.7 Å². The van der Waals surface area contributed by atoms with Gasteiger partial charge in [-0.25, -0.2) is 10.6 Å². The third-order valence-corrected chi connectivity index (χ3v) is 2.31. The van der Waals surface area contributed by atoms with Crippen molar-refractivity contribution in [2.24, 2.45) is 5.84 Å². The van der Waals surface area contributed by atoms with E-state index in [0.29, 0.717) is 6.42 Å². The fourth-order valence-corrected chi connectivity index (χ4v) is 1.47. The van der Waals surface area contributed by atoms with Crippen LogP contribution in [0.3, 0.4) is 0 Å². The molecule has 0 aromatic heterocycles. The number of nitrogens with two attached hydrogens (primary N) is 1. The first-order valence-electron chi connectivity index (χ1n) is 5.65. The van der Waals surface area contributed by atoms with Crippen LogP contribution in [-0.4, -0.2) is 24.6 Å². The van der Waals surface area contributed by atoms with E-state index in [9.17, 15) is 9.59 Å². The van der Waals surface area contributed by atoms with Gasteiger partial charge in [0.25, 0.3) is 5.91 Å². The van der Waals surface area contributed by atoms with Gasteiger partial charge in [-0.2, -0.15) is 0 Å². The summed E-state index contributed by atoms with van der Waals surface area (Å²) in [5, 5.41) is 2.46. The van der Waals surface area contributed by atoms with Gasteiger partial charge in [-0.3, -0.25) is 10.2 Å². The van der Waals surface area contributed by atoms with E-state index in [1.165, 1.54) is 0 Å². The van der Waals surface area contributed by atoms with Gasteiger partial charge in [0.05, 0.1) is 6.61 Å². The maximum absolute atomic E-state index is 11.5. The second kappa shape index (κ2) is 7.29. The first-order chi connectivity index (χ1) is 8.67. The summed E-state index contributed by atoms with van der Waals surface area (Å²) in [6.07, 6.45) is -0.287. The molecule has 1 rings (SSSR count). The summed E-state index contributed by atoms with van der Waals surface area (Å²) in [7, 11) is 0. The highest BCUT2D eigenvalue weighted by Crippen LogP contribution is 2.03. The lowest BCUT2D eigenvalue weighted by Crippen LogP contribution is -2.50. The number of ether oxygens (including phenoxy) is 1.